The molecule has 1 aliphatic rings. The predicted octanol–water partition coefficient (Wildman–Crippen LogP) is 1.03. The summed E-state index contributed by atoms with van der Waals surface area (Å²) >= 11 is 0. The Balaban J connectivity index is 1.83. The van der Waals surface area contributed by atoms with Crippen molar-refractivity contribution in [1.29, 1.82) is 0 Å². The van der Waals surface area contributed by atoms with Crippen LogP contribution in [0.2, 0.25) is 0 Å². The predicted molar refractivity (Wildman–Crippen MR) is 60.9 cm³/mol. The summed E-state index contributed by atoms with van der Waals surface area (Å²) in [7, 11) is 0. The molecular weight excluding hydrogens is 204 g/mol. The van der Waals surface area contributed by atoms with Gasteiger partial charge in [0.25, 0.3) is 0 Å². The van der Waals surface area contributed by atoms with Crippen LogP contribution < -0.4 is 5.32 Å². The molecule has 1 atom stereocenters. The normalized spacial score (nSPS) is 20.8. The van der Waals surface area contributed by atoms with E-state index in [4.69, 9.17) is 4.52 Å². The van der Waals surface area contributed by atoms with Gasteiger partial charge in [-0.1, -0.05) is 12.1 Å². The van der Waals surface area contributed by atoms with E-state index in [2.05, 4.69) is 27.3 Å². The van der Waals surface area contributed by atoms with E-state index >= 15 is 0 Å². The summed E-state index contributed by atoms with van der Waals surface area (Å²) in [5, 5.41) is 7.38. The third-order valence-corrected chi connectivity index (χ3v) is 2.95. The van der Waals surface area contributed by atoms with Crippen molar-refractivity contribution < 1.29 is 4.52 Å². The number of aromatic nitrogens is 2. The largest absolute Gasteiger partial charge is 0.343 e. The van der Waals surface area contributed by atoms with Crippen LogP contribution >= 0.6 is 0 Å². The Bertz CT molecular complexity index is 282. The molecule has 90 valence electrons. The number of hydrogen-bond acceptors (Lipinski definition) is 5. The van der Waals surface area contributed by atoms with E-state index in [1.54, 1.807) is 0 Å². The maximum atomic E-state index is 4.76. The van der Waals surface area contributed by atoms with Crippen LogP contribution in [0.1, 0.15) is 32.0 Å². The minimum Gasteiger partial charge on any atom is -0.343 e. The SMILES string of the molecule is CCCN(Cc1ncon1)CC1CCCN1. The zero-order valence-corrected chi connectivity index (χ0v) is 9.85. The van der Waals surface area contributed by atoms with Gasteiger partial charge in [0.05, 0.1) is 6.54 Å². The van der Waals surface area contributed by atoms with E-state index in [1.165, 1.54) is 19.2 Å². The van der Waals surface area contributed by atoms with Gasteiger partial charge in [0, 0.05) is 12.6 Å². The van der Waals surface area contributed by atoms with Crippen LogP contribution in [0.25, 0.3) is 0 Å². The second-order valence-corrected chi connectivity index (χ2v) is 4.38. The van der Waals surface area contributed by atoms with Crippen molar-refractivity contribution in [1.82, 2.24) is 20.4 Å². The first-order valence-electron chi connectivity index (χ1n) is 6.09. The quantitative estimate of drug-likeness (QED) is 0.782. The minimum absolute atomic E-state index is 0.637. The van der Waals surface area contributed by atoms with Gasteiger partial charge in [-0.25, -0.2) is 0 Å². The molecule has 0 saturated carbocycles. The minimum atomic E-state index is 0.637. The van der Waals surface area contributed by atoms with Gasteiger partial charge >= 0.3 is 0 Å². The van der Waals surface area contributed by atoms with Crippen molar-refractivity contribution in [3.05, 3.63) is 12.2 Å². The lowest BCUT2D eigenvalue weighted by Gasteiger charge is -2.23. The van der Waals surface area contributed by atoms with Crippen molar-refractivity contribution in [2.24, 2.45) is 0 Å². The number of hydrogen-bond donors (Lipinski definition) is 1. The van der Waals surface area contributed by atoms with Crippen LogP contribution in [0.4, 0.5) is 0 Å². The third-order valence-electron chi connectivity index (χ3n) is 2.95. The monoisotopic (exact) mass is 224 g/mol. The molecule has 0 amide bonds. The average Bonchev–Trinajstić information content (AvgIpc) is 2.91. The molecule has 5 nitrogen and oxygen atoms in total. The maximum absolute atomic E-state index is 4.76. The van der Waals surface area contributed by atoms with E-state index < -0.39 is 0 Å². The van der Waals surface area contributed by atoms with Crippen LogP contribution in [-0.2, 0) is 6.54 Å². The highest BCUT2D eigenvalue weighted by atomic mass is 16.5. The van der Waals surface area contributed by atoms with Crippen LogP contribution in [-0.4, -0.2) is 40.7 Å². The van der Waals surface area contributed by atoms with Crippen molar-refractivity contribution in [2.45, 2.75) is 38.8 Å². The first-order chi connectivity index (χ1) is 7.88. The molecule has 5 heteroatoms. The van der Waals surface area contributed by atoms with Crippen LogP contribution in [0.5, 0.6) is 0 Å². The van der Waals surface area contributed by atoms with E-state index in [1.807, 2.05) is 0 Å². The topological polar surface area (TPSA) is 54.2 Å². The molecule has 2 rings (SSSR count). The summed E-state index contributed by atoms with van der Waals surface area (Å²) in [6, 6.07) is 0.637. The van der Waals surface area contributed by atoms with E-state index in [9.17, 15) is 0 Å². The lowest BCUT2D eigenvalue weighted by atomic mass is 10.2. The van der Waals surface area contributed by atoms with Gasteiger partial charge in [0.1, 0.15) is 0 Å². The first kappa shape index (κ1) is 11.5. The Kier molecular flexibility index (Phi) is 4.30. The fraction of sp³-hybridized carbons (Fsp3) is 0.818. The highest BCUT2D eigenvalue weighted by Crippen LogP contribution is 2.09. The highest BCUT2D eigenvalue weighted by Gasteiger charge is 2.18. The van der Waals surface area contributed by atoms with Gasteiger partial charge < -0.3 is 9.84 Å². The Labute approximate surface area is 96.2 Å². The number of nitrogens with one attached hydrogen (secondary N) is 1. The van der Waals surface area contributed by atoms with Gasteiger partial charge in [-0.05, 0) is 32.4 Å². The summed E-state index contributed by atoms with van der Waals surface area (Å²) in [4.78, 5) is 6.47. The summed E-state index contributed by atoms with van der Waals surface area (Å²) in [6.45, 7) is 6.33. The Hall–Kier alpha value is -0.940. The summed E-state index contributed by atoms with van der Waals surface area (Å²) in [5.74, 6) is 0.784. The van der Waals surface area contributed by atoms with Crippen molar-refractivity contribution in [3.8, 4) is 0 Å². The van der Waals surface area contributed by atoms with Crippen LogP contribution in [0, 0.1) is 0 Å². The Morgan fingerprint density at radius 3 is 3.19 bits per heavy atom. The van der Waals surface area contributed by atoms with E-state index in [-0.39, 0.29) is 0 Å². The number of nitrogens with zero attached hydrogens (tertiary/aromatic N) is 3. The lowest BCUT2D eigenvalue weighted by molar-refractivity contribution is 0.232. The molecule has 0 spiro atoms. The standard InChI is InChI=1S/C11H20N4O/c1-2-6-15(7-10-4-3-5-12-10)8-11-13-9-16-14-11/h9-10,12H,2-8H2,1H3. The van der Waals surface area contributed by atoms with Gasteiger partial charge in [0.2, 0.25) is 6.39 Å². The molecule has 1 aromatic heterocycles. The smallest absolute Gasteiger partial charge is 0.213 e. The number of rotatable bonds is 6. The van der Waals surface area contributed by atoms with Gasteiger partial charge in [-0.2, -0.15) is 4.98 Å². The lowest BCUT2D eigenvalue weighted by Crippen LogP contribution is -2.37. The summed E-state index contributed by atoms with van der Waals surface area (Å²) < 4.78 is 4.76. The molecule has 1 fully saturated rings. The highest BCUT2D eigenvalue weighted by molar-refractivity contribution is 4.82. The van der Waals surface area contributed by atoms with Gasteiger partial charge in [-0.3, -0.25) is 4.90 Å². The molecule has 0 bridgehead atoms. The van der Waals surface area contributed by atoms with Crippen molar-refractivity contribution in [3.63, 3.8) is 0 Å². The van der Waals surface area contributed by atoms with Gasteiger partial charge in [0.15, 0.2) is 5.82 Å². The average molecular weight is 224 g/mol. The summed E-state index contributed by atoms with van der Waals surface area (Å²) in [5.41, 5.74) is 0. The molecule has 0 radical (unpaired) electrons. The van der Waals surface area contributed by atoms with Gasteiger partial charge in [-0.15, -0.1) is 0 Å². The van der Waals surface area contributed by atoms with E-state index in [0.717, 1.165) is 38.4 Å². The Morgan fingerprint density at radius 1 is 1.62 bits per heavy atom. The van der Waals surface area contributed by atoms with Crippen molar-refractivity contribution >= 4 is 0 Å². The second-order valence-electron chi connectivity index (χ2n) is 4.38. The molecule has 1 aromatic rings. The molecule has 2 heterocycles. The maximum Gasteiger partial charge on any atom is 0.213 e. The molecule has 1 N–H and O–H groups in total. The molecular formula is C11H20N4O. The Morgan fingerprint density at radius 2 is 2.56 bits per heavy atom. The molecule has 1 saturated heterocycles. The zero-order valence-electron chi connectivity index (χ0n) is 9.85. The van der Waals surface area contributed by atoms with Crippen LogP contribution in [0.15, 0.2) is 10.9 Å². The molecule has 16 heavy (non-hydrogen) atoms. The molecule has 0 aliphatic carbocycles. The van der Waals surface area contributed by atoms with Crippen LogP contribution in [0.3, 0.4) is 0 Å². The first-order valence-corrected chi connectivity index (χ1v) is 6.09. The third kappa shape index (κ3) is 3.28. The fourth-order valence-electron chi connectivity index (χ4n) is 2.24. The van der Waals surface area contributed by atoms with Crippen molar-refractivity contribution in [2.75, 3.05) is 19.6 Å². The molecule has 1 aliphatic heterocycles. The van der Waals surface area contributed by atoms with E-state index in [0.29, 0.717) is 6.04 Å². The summed E-state index contributed by atoms with van der Waals surface area (Å²) in [6.07, 6.45) is 5.14. The molecule has 0 aromatic carbocycles. The zero-order chi connectivity index (χ0) is 11.2. The fourth-order valence-corrected chi connectivity index (χ4v) is 2.24. The second kappa shape index (κ2) is 5.96. The molecule has 1 unspecified atom stereocenters.